The lowest BCUT2D eigenvalue weighted by atomic mass is 9.99. The first kappa shape index (κ1) is 17.9. The molecule has 1 rings (SSSR count). The van der Waals surface area contributed by atoms with Gasteiger partial charge in [-0.3, -0.25) is 0 Å². The Hall–Kier alpha value is -1.11. The average Bonchev–Trinajstić information content (AvgIpc) is 2.40. The van der Waals surface area contributed by atoms with Crippen LogP contribution in [0.2, 0.25) is 0 Å². The standard InChI is InChI=1S/C15H26N2O3S/c1-11-7-8-13(21(18,19)16-5)9-14(11)17-12(2)10-15(3,4)20-6/h7-9,12,16-17H,10H2,1-6H3. The molecule has 0 saturated heterocycles. The Balaban J connectivity index is 2.96. The Bertz CT molecular complexity index is 583. The maximum Gasteiger partial charge on any atom is 0.240 e. The van der Waals surface area contributed by atoms with E-state index in [1.165, 1.54) is 7.05 Å². The van der Waals surface area contributed by atoms with Crippen molar-refractivity contribution >= 4 is 15.7 Å². The molecule has 0 heterocycles. The van der Waals surface area contributed by atoms with E-state index >= 15 is 0 Å². The number of sulfonamides is 1. The summed E-state index contributed by atoms with van der Waals surface area (Å²) in [5.41, 5.74) is 1.60. The normalized spacial score (nSPS) is 14.0. The van der Waals surface area contributed by atoms with E-state index in [2.05, 4.69) is 17.0 Å². The van der Waals surface area contributed by atoms with Crippen molar-refractivity contribution in [2.45, 2.75) is 50.7 Å². The molecule has 1 aromatic carbocycles. The molecule has 0 bridgehead atoms. The summed E-state index contributed by atoms with van der Waals surface area (Å²) in [6.45, 7) is 8.06. The third kappa shape index (κ3) is 4.98. The molecule has 1 atom stereocenters. The molecule has 0 radical (unpaired) electrons. The third-order valence-electron chi connectivity index (χ3n) is 3.54. The van der Waals surface area contributed by atoms with Gasteiger partial charge in [-0.15, -0.1) is 0 Å². The topological polar surface area (TPSA) is 67.4 Å². The Morgan fingerprint density at radius 3 is 2.48 bits per heavy atom. The monoisotopic (exact) mass is 314 g/mol. The van der Waals surface area contributed by atoms with Crippen LogP contribution in [0, 0.1) is 6.92 Å². The van der Waals surface area contributed by atoms with Crippen LogP contribution in [-0.2, 0) is 14.8 Å². The van der Waals surface area contributed by atoms with E-state index in [0.717, 1.165) is 17.7 Å². The van der Waals surface area contributed by atoms with Crippen LogP contribution in [0.1, 0.15) is 32.8 Å². The van der Waals surface area contributed by atoms with Crippen molar-refractivity contribution in [1.82, 2.24) is 4.72 Å². The number of methoxy groups -OCH3 is 1. The summed E-state index contributed by atoms with van der Waals surface area (Å²) in [6.07, 6.45) is 0.811. The Kier molecular flexibility index (Phi) is 5.78. The SMILES string of the molecule is CNS(=O)(=O)c1ccc(C)c(NC(C)CC(C)(C)OC)c1. The van der Waals surface area contributed by atoms with Crippen LogP contribution in [0.5, 0.6) is 0 Å². The van der Waals surface area contributed by atoms with Gasteiger partial charge in [-0.2, -0.15) is 0 Å². The fourth-order valence-corrected chi connectivity index (χ4v) is 2.93. The average molecular weight is 314 g/mol. The van der Waals surface area contributed by atoms with E-state index in [1.807, 2.05) is 20.8 Å². The van der Waals surface area contributed by atoms with Crippen LogP contribution in [-0.4, -0.2) is 34.2 Å². The van der Waals surface area contributed by atoms with Gasteiger partial charge in [0.25, 0.3) is 0 Å². The molecule has 1 aromatic rings. The number of hydrogen-bond donors (Lipinski definition) is 2. The van der Waals surface area contributed by atoms with E-state index in [0.29, 0.717) is 0 Å². The van der Waals surface area contributed by atoms with Crippen LogP contribution in [0.25, 0.3) is 0 Å². The highest BCUT2D eigenvalue weighted by molar-refractivity contribution is 7.89. The van der Waals surface area contributed by atoms with E-state index in [1.54, 1.807) is 25.3 Å². The number of benzene rings is 1. The van der Waals surface area contributed by atoms with E-state index < -0.39 is 10.0 Å². The van der Waals surface area contributed by atoms with Crippen LogP contribution in [0.3, 0.4) is 0 Å². The molecule has 0 aromatic heterocycles. The second-order valence-electron chi connectivity index (χ2n) is 5.90. The maximum atomic E-state index is 11.9. The van der Waals surface area contributed by atoms with Gasteiger partial charge in [-0.1, -0.05) is 6.07 Å². The Morgan fingerprint density at radius 1 is 1.33 bits per heavy atom. The predicted molar refractivity (Wildman–Crippen MR) is 86.2 cm³/mol. The molecule has 0 spiro atoms. The fourth-order valence-electron chi connectivity index (χ4n) is 2.18. The highest BCUT2D eigenvalue weighted by Gasteiger charge is 2.21. The summed E-state index contributed by atoms with van der Waals surface area (Å²) in [5.74, 6) is 0. The van der Waals surface area contributed by atoms with Gasteiger partial charge in [0.2, 0.25) is 10.0 Å². The molecule has 21 heavy (non-hydrogen) atoms. The van der Waals surface area contributed by atoms with Gasteiger partial charge < -0.3 is 10.1 Å². The van der Waals surface area contributed by atoms with Crippen LogP contribution in [0.15, 0.2) is 23.1 Å². The first-order valence-electron chi connectivity index (χ1n) is 6.97. The number of aryl methyl sites for hydroxylation is 1. The first-order chi connectivity index (χ1) is 9.61. The summed E-state index contributed by atoms with van der Waals surface area (Å²) in [4.78, 5) is 0.260. The van der Waals surface area contributed by atoms with Crippen LogP contribution in [0.4, 0.5) is 5.69 Å². The van der Waals surface area contributed by atoms with Crippen molar-refractivity contribution in [3.63, 3.8) is 0 Å². The minimum Gasteiger partial charge on any atom is -0.382 e. The molecule has 1 unspecified atom stereocenters. The zero-order chi connectivity index (χ0) is 16.3. The second-order valence-corrected chi connectivity index (χ2v) is 7.78. The van der Waals surface area contributed by atoms with Gasteiger partial charge in [0.15, 0.2) is 0 Å². The lowest BCUT2D eigenvalue weighted by Gasteiger charge is -2.28. The lowest BCUT2D eigenvalue weighted by Crippen LogP contribution is -2.31. The first-order valence-corrected chi connectivity index (χ1v) is 8.45. The summed E-state index contributed by atoms with van der Waals surface area (Å²) in [6, 6.07) is 5.24. The van der Waals surface area contributed by atoms with Gasteiger partial charge in [-0.05, 0) is 58.9 Å². The lowest BCUT2D eigenvalue weighted by molar-refractivity contribution is 0.0128. The summed E-state index contributed by atoms with van der Waals surface area (Å²) >= 11 is 0. The summed E-state index contributed by atoms with van der Waals surface area (Å²) in [5, 5.41) is 3.36. The molecule has 5 nitrogen and oxygen atoms in total. The molecule has 2 N–H and O–H groups in total. The maximum absolute atomic E-state index is 11.9. The molecular weight excluding hydrogens is 288 g/mol. The quantitative estimate of drug-likeness (QED) is 0.811. The molecule has 0 saturated carbocycles. The number of ether oxygens (including phenoxy) is 1. The Morgan fingerprint density at radius 2 is 1.95 bits per heavy atom. The molecule has 120 valence electrons. The van der Waals surface area contributed by atoms with Gasteiger partial charge >= 0.3 is 0 Å². The minimum absolute atomic E-state index is 0.159. The molecule has 0 amide bonds. The number of hydrogen-bond acceptors (Lipinski definition) is 4. The third-order valence-corrected chi connectivity index (χ3v) is 4.95. The summed E-state index contributed by atoms with van der Waals surface area (Å²) in [7, 11) is -0.326. The van der Waals surface area contributed by atoms with Crippen LogP contribution >= 0.6 is 0 Å². The molecule has 0 fully saturated rings. The highest BCUT2D eigenvalue weighted by atomic mass is 32.2. The van der Waals surface area contributed by atoms with Gasteiger partial charge in [0.05, 0.1) is 10.5 Å². The number of rotatable bonds is 7. The van der Waals surface area contributed by atoms with E-state index in [9.17, 15) is 8.42 Å². The minimum atomic E-state index is -3.43. The molecular formula is C15H26N2O3S. The van der Waals surface area contributed by atoms with Crippen molar-refractivity contribution in [3.05, 3.63) is 23.8 Å². The van der Waals surface area contributed by atoms with Crippen LogP contribution < -0.4 is 10.0 Å². The molecule has 0 aliphatic rings. The Labute approximate surface area is 128 Å². The van der Waals surface area contributed by atoms with Gasteiger partial charge in [-0.25, -0.2) is 13.1 Å². The van der Waals surface area contributed by atoms with Crippen molar-refractivity contribution in [2.75, 3.05) is 19.5 Å². The van der Waals surface area contributed by atoms with Crippen molar-refractivity contribution in [2.24, 2.45) is 0 Å². The number of nitrogens with one attached hydrogen (secondary N) is 2. The smallest absolute Gasteiger partial charge is 0.240 e. The zero-order valence-electron chi connectivity index (χ0n) is 13.6. The summed E-state index contributed by atoms with van der Waals surface area (Å²) < 4.78 is 31.5. The van der Waals surface area contributed by atoms with E-state index in [-0.39, 0.29) is 16.5 Å². The fraction of sp³-hybridized carbons (Fsp3) is 0.600. The second kappa shape index (κ2) is 6.77. The van der Waals surface area contributed by atoms with Crippen molar-refractivity contribution in [3.8, 4) is 0 Å². The molecule has 0 aliphatic heterocycles. The van der Waals surface area contributed by atoms with Gasteiger partial charge in [0.1, 0.15) is 0 Å². The number of anilines is 1. The molecule has 0 aliphatic carbocycles. The van der Waals surface area contributed by atoms with Crippen molar-refractivity contribution < 1.29 is 13.2 Å². The zero-order valence-corrected chi connectivity index (χ0v) is 14.5. The largest absolute Gasteiger partial charge is 0.382 e. The molecule has 6 heteroatoms. The van der Waals surface area contributed by atoms with Gasteiger partial charge in [0, 0.05) is 18.8 Å². The van der Waals surface area contributed by atoms with E-state index in [4.69, 9.17) is 4.74 Å². The highest BCUT2D eigenvalue weighted by Crippen LogP contribution is 2.23. The predicted octanol–water partition coefficient (Wildman–Crippen LogP) is 2.52. The van der Waals surface area contributed by atoms with Crippen molar-refractivity contribution in [1.29, 1.82) is 0 Å².